The molecule has 0 radical (unpaired) electrons. The number of pyridine rings is 2. The number of carbonyl (C=O) groups excluding carboxylic acids is 1. The predicted octanol–water partition coefficient (Wildman–Crippen LogP) is 5.29. The van der Waals surface area contributed by atoms with E-state index >= 15 is 0 Å². The molecule has 0 atom stereocenters. The Labute approximate surface area is 214 Å². The Morgan fingerprint density at radius 3 is 2.49 bits per heavy atom. The number of rotatable bonds is 4. The summed E-state index contributed by atoms with van der Waals surface area (Å²) in [7, 11) is 1.67. The lowest BCUT2D eigenvalue weighted by Gasteiger charge is -2.44. The molecule has 0 aliphatic carbocycles. The Hall–Kier alpha value is -3.59. The molecule has 3 aliphatic heterocycles. The highest BCUT2D eigenvalue weighted by Gasteiger charge is 2.37. The standard InChI is InChI=1S/C28H29F2N5O2/c1-34-17-23-26(27(34)36)22(15-21(32-23)25-19(29)5-4-6-20(25)30)33-24-8-7-18(16-31-24)35-12-10-28(11-13-35)9-2-3-14-37-28/h4-8,15-16H,2-3,9-14,17H2,1H3,(H,31,32,33). The largest absolute Gasteiger partial charge is 0.375 e. The molecule has 3 aliphatic rings. The number of amides is 1. The zero-order chi connectivity index (χ0) is 25.6. The minimum absolute atomic E-state index is 0.0422. The number of ether oxygens (including phenoxy) is 1. The van der Waals surface area contributed by atoms with Gasteiger partial charge < -0.3 is 19.9 Å². The molecular formula is C28H29F2N5O2. The molecule has 192 valence electrons. The van der Waals surface area contributed by atoms with Gasteiger partial charge in [-0.2, -0.15) is 0 Å². The van der Waals surface area contributed by atoms with Crippen molar-refractivity contribution in [2.24, 2.45) is 0 Å². The van der Waals surface area contributed by atoms with E-state index in [4.69, 9.17) is 4.74 Å². The van der Waals surface area contributed by atoms with E-state index in [9.17, 15) is 13.6 Å². The lowest BCUT2D eigenvalue weighted by Crippen LogP contribution is -2.47. The van der Waals surface area contributed by atoms with Crippen LogP contribution in [0.2, 0.25) is 0 Å². The van der Waals surface area contributed by atoms with E-state index in [0.717, 1.165) is 51.1 Å². The fraction of sp³-hybridized carbons (Fsp3) is 0.393. The number of aromatic nitrogens is 2. The zero-order valence-electron chi connectivity index (χ0n) is 20.8. The molecule has 7 nitrogen and oxygen atoms in total. The van der Waals surface area contributed by atoms with Gasteiger partial charge in [0.1, 0.15) is 17.5 Å². The normalized spacial score (nSPS) is 18.8. The van der Waals surface area contributed by atoms with Gasteiger partial charge in [0.05, 0.1) is 52.2 Å². The molecule has 2 aromatic heterocycles. The second-order valence-electron chi connectivity index (χ2n) is 10.1. The maximum absolute atomic E-state index is 14.5. The van der Waals surface area contributed by atoms with Crippen molar-refractivity contribution >= 4 is 23.1 Å². The average molecular weight is 506 g/mol. The zero-order valence-corrected chi connectivity index (χ0v) is 20.8. The van der Waals surface area contributed by atoms with Gasteiger partial charge in [0.25, 0.3) is 5.91 Å². The van der Waals surface area contributed by atoms with Gasteiger partial charge in [0, 0.05) is 26.7 Å². The smallest absolute Gasteiger partial charge is 0.257 e. The molecule has 1 amide bonds. The van der Waals surface area contributed by atoms with Gasteiger partial charge in [-0.15, -0.1) is 0 Å². The summed E-state index contributed by atoms with van der Waals surface area (Å²) in [6.07, 6.45) is 7.38. The number of halogens is 2. The van der Waals surface area contributed by atoms with Gasteiger partial charge in [0.15, 0.2) is 0 Å². The van der Waals surface area contributed by atoms with Crippen LogP contribution in [0.4, 0.5) is 26.0 Å². The summed E-state index contributed by atoms with van der Waals surface area (Å²) < 4.78 is 35.2. The summed E-state index contributed by atoms with van der Waals surface area (Å²) in [5.74, 6) is -1.08. The summed E-state index contributed by atoms with van der Waals surface area (Å²) in [5.41, 5.74) is 2.27. The van der Waals surface area contributed by atoms with Crippen molar-refractivity contribution in [2.75, 3.05) is 37.0 Å². The molecule has 5 heterocycles. The molecule has 0 saturated carbocycles. The number of carbonyl (C=O) groups is 1. The predicted molar refractivity (Wildman–Crippen MR) is 137 cm³/mol. The number of fused-ring (bicyclic) bond motifs is 1. The van der Waals surface area contributed by atoms with Crippen molar-refractivity contribution in [1.29, 1.82) is 0 Å². The van der Waals surface area contributed by atoms with Crippen molar-refractivity contribution in [3.63, 3.8) is 0 Å². The van der Waals surface area contributed by atoms with Crippen LogP contribution < -0.4 is 10.2 Å². The lowest BCUT2D eigenvalue weighted by molar-refractivity contribution is -0.0920. The van der Waals surface area contributed by atoms with Gasteiger partial charge >= 0.3 is 0 Å². The van der Waals surface area contributed by atoms with E-state index in [-0.39, 0.29) is 29.3 Å². The van der Waals surface area contributed by atoms with E-state index in [1.165, 1.54) is 35.6 Å². The van der Waals surface area contributed by atoms with Crippen LogP contribution in [0.5, 0.6) is 0 Å². The summed E-state index contributed by atoms with van der Waals surface area (Å²) in [6.45, 7) is 2.97. The average Bonchev–Trinajstić information content (AvgIpc) is 3.19. The first-order chi connectivity index (χ1) is 17.9. The summed E-state index contributed by atoms with van der Waals surface area (Å²) in [6, 6.07) is 9.08. The number of piperidine rings is 1. The highest BCUT2D eigenvalue weighted by Crippen LogP contribution is 2.37. The second-order valence-corrected chi connectivity index (χ2v) is 10.1. The van der Waals surface area contributed by atoms with Gasteiger partial charge in [-0.3, -0.25) is 4.79 Å². The van der Waals surface area contributed by atoms with Crippen molar-refractivity contribution in [2.45, 2.75) is 44.2 Å². The first-order valence-corrected chi connectivity index (χ1v) is 12.8. The number of hydrogen-bond acceptors (Lipinski definition) is 6. The monoisotopic (exact) mass is 505 g/mol. The van der Waals surface area contributed by atoms with Gasteiger partial charge in [-0.25, -0.2) is 18.7 Å². The third-order valence-electron chi connectivity index (χ3n) is 7.75. The van der Waals surface area contributed by atoms with Crippen molar-refractivity contribution in [1.82, 2.24) is 14.9 Å². The van der Waals surface area contributed by atoms with Crippen molar-refractivity contribution in [3.8, 4) is 11.3 Å². The molecule has 2 fully saturated rings. The van der Waals surface area contributed by atoms with Crippen LogP contribution in [-0.4, -0.2) is 53.1 Å². The first kappa shape index (κ1) is 23.8. The highest BCUT2D eigenvalue weighted by atomic mass is 19.1. The van der Waals surface area contributed by atoms with Gasteiger partial charge in [0.2, 0.25) is 0 Å². The van der Waals surface area contributed by atoms with E-state index in [0.29, 0.717) is 22.8 Å². The fourth-order valence-corrected chi connectivity index (χ4v) is 5.67. The number of nitrogens with zero attached hydrogens (tertiary/aromatic N) is 4. The Balaban J connectivity index is 1.25. The van der Waals surface area contributed by atoms with E-state index in [1.54, 1.807) is 7.05 Å². The van der Waals surface area contributed by atoms with Crippen LogP contribution in [0.3, 0.4) is 0 Å². The Kier molecular flexibility index (Phi) is 6.03. The molecule has 6 rings (SSSR count). The van der Waals surface area contributed by atoms with Crippen LogP contribution in [0.1, 0.15) is 48.2 Å². The van der Waals surface area contributed by atoms with Crippen molar-refractivity contribution < 1.29 is 18.3 Å². The summed E-state index contributed by atoms with van der Waals surface area (Å²) in [4.78, 5) is 25.7. The number of benzene rings is 1. The van der Waals surface area contributed by atoms with E-state index in [1.807, 2.05) is 18.3 Å². The Morgan fingerprint density at radius 1 is 1.03 bits per heavy atom. The van der Waals surface area contributed by atoms with Crippen LogP contribution in [-0.2, 0) is 11.3 Å². The van der Waals surface area contributed by atoms with Crippen LogP contribution in [0, 0.1) is 11.6 Å². The van der Waals surface area contributed by atoms with E-state index in [2.05, 4.69) is 20.2 Å². The number of hydrogen-bond donors (Lipinski definition) is 1. The maximum Gasteiger partial charge on any atom is 0.257 e. The number of anilines is 3. The third-order valence-corrected chi connectivity index (χ3v) is 7.75. The second kappa shape index (κ2) is 9.37. The molecule has 0 bridgehead atoms. The quantitative estimate of drug-likeness (QED) is 0.520. The van der Waals surface area contributed by atoms with Crippen LogP contribution >= 0.6 is 0 Å². The van der Waals surface area contributed by atoms with Gasteiger partial charge in [-0.05, 0) is 62.4 Å². The molecule has 1 aromatic carbocycles. The van der Waals surface area contributed by atoms with Gasteiger partial charge in [-0.1, -0.05) is 6.07 Å². The molecule has 2 saturated heterocycles. The van der Waals surface area contributed by atoms with Crippen molar-refractivity contribution in [3.05, 3.63) is 65.5 Å². The summed E-state index contributed by atoms with van der Waals surface area (Å²) >= 11 is 0. The lowest BCUT2D eigenvalue weighted by atomic mass is 9.84. The SMILES string of the molecule is CN1Cc2nc(-c3c(F)cccc3F)cc(Nc3ccc(N4CCC5(CCCCO5)CC4)cn3)c2C1=O. The topological polar surface area (TPSA) is 70.6 Å². The minimum atomic E-state index is -0.708. The molecule has 1 spiro atoms. The van der Waals surface area contributed by atoms with Crippen LogP contribution in [0.15, 0.2) is 42.6 Å². The maximum atomic E-state index is 14.5. The van der Waals surface area contributed by atoms with E-state index < -0.39 is 11.6 Å². The minimum Gasteiger partial charge on any atom is -0.375 e. The third kappa shape index (κ3) is 4.41. The summed E-state index contributed by atoms with van der Waals surface area (Å²) in [5, 5.41) is 3.20. The fourth-order valence-electron chi connectivity index (χ4n) is 5.67. The molecule has 1 N–H and O–H groups in total. The Morgan fingerprint density at radius 2 is 1.81 bits per heavy atom. The number of nitrogens with one attached hydrogen (secondary N) is 1. The molecule has 3 aromatic rings. The molecular weight excluding hydrogens is 476 g/mol. The molecule has 37 heavy (non-hydrogen) atoms. The Bertz CT molecular complexity index is 1310. The first-order valence-electron chi connectivity index (χ1n) is 12.8. The van der Waals surface area contributed by atoms with Crippen LogP contribution in [0.25, 0.3) is 11.3 Å². The molecule has 9 heteroatoms. The molecule has 0 unspecified atom stereocenters. The highest BCUT2D eigenvalue weighted by molar-refractivity contribution is 6.04.